The van der Waals surface area contributed by atoms with Crippen LogP contribution in [0.4, 0.5) is 11.6 Å². The maximum Gasteiger partial charge on any atom is 0.245 e. The van der Waals surface area contributed by atoms with Crippen molar-refractivity contribution in [1.29, 1.82) is 0 Å². The first-order valence-electron chi connectivity index (χ1n) is 5.79. The van der Waals surface area contributed by atoms with Gasteiger partial charge in [0.25, 0.3) is 0 Å². The van der Waals surface area contributed by atoms with E-state index in [1.807, 2.05) is 13.8 Å². The molecule has 2 N–H and O–H groups in total. The fourth-order valence-corrected chi connectivity index (χ4v) is 1.55. The minimum atomic E-state index is 0.449. The second-order valence-electron chi connectivity index (χ2n) is 3.82. The molecule has 0 saturated heterocycles. The molecular weight excluding hydrogens is 232 g/mol. The summed E-state index contributed by atoms with van der Waals surface area (Å²) in [5.74, 6) is 2.75. The Morgan fingerprint density at radius 3 is 2.50 bits per heavy atom. The Hall–Kier alpha value is -2.18. The van der Waals surface area contributed by atoms with Gasteiger partial charge in [-0.2, -0.15) is 4.98 Å². The first-order valence-corrected chi connectivity index (χ1v) is 5.79. The van der Waals surface area contributed by atoms with E-state index in [1.165, 1.54) is 6.33 Å². The van der Waals surface area contributed by atoms with Crippen LogP contribution in [0.25, 0.3) is 0 Å². The summed E-state index contributed by atoms with van der Waals surface area (Å²) in [5, 5.41) is 10.1. The molecule has 0 aliphatic carbocycles. The van der Waals surface area contributed by atoms with Gasteiger partial charge in [0.1, 0.15) is 18.0 Å². The Labute approximate surface area is 105 Å². The molecule has 0 unspecified atom stereocenters. The van der Waals surface area contributed by atoms with Gasteiger partial charge >= 0.3 is 0 Å². The fourth-order valence-electron chi connectivity index (χ4n) is 1.55. The Bertz CT molecular complexity index is 524. The lowest BCUT2D eigenvalue weighted by Crippen LogP contribution is -2.08. The van der Waals surface area contributed by atoms with E-state index in [-0.39, 0.29) is 0 Å². The van der Waals surface area contributed by atoms with Crippen LogP contribution in [-0.2, 0) is 6.54 Å². The van der Waals surface area contributed by atoms with Crippen LogP contribution in [-0.4, -0.2) is 26.7 Å². The molecule has 96 valence electrons. The molecule has 0 spiro atoms. The van der Waals surface area contributed by atoms with E-state index in [4.69, 9.17) is 4.52 Å². The molecular formula is C11H16N6O. The van der Waals surface area contributed by atoms with Crippen molar-refractivity contribution in [3.05, 3.63) is 23.6 Å². The van der Waals surface area contributed by atoms with E-state index < -0.39 is 0 Å². The van der Waals surface area contributed by atoms with Crippen LogP contribution >= 0.6 is 0 Å². The molecule has 0 saturated carbocycles. The maximum atomic E-state index is 5.02. The van der Waals surface area contributed by atoms with Crippen molar-refractivity contribution in [1.82, 2.24) is 20.1 Å². The van der Waals surface area contributed by atoms with Crippen LogP contribution in [0.5, 0.6) is 0 Å². The Morgan fingerprint density at radius 2 is 1.89 bits per heavy atom. The summed E-state index contributed by atoms with van der Waals surface area (Å²) in [7, 11) is 0. The van der Waals surface area contributed by atoms with E-state index in [1.54, 1.807) is 6.92 Å². The predicted molar refractivity (Wildman–Crippen MR) is 67.3 cm³/mol. The number of nitrogens with zero attached hydrogens (tertiary/aromatic N) is 4. The zero-order chi connectivity index (χ0) is 13.0. The number of aryl methyl sites for hydroxylation is 1. The summed E-state index contributed by atoms with van der Waals surface area (Å²) in [6, 6.07) is 0. The lowest BCUT2D eigenvalue weighted by atomic mass is 10.3. The maximum absolute atomic E-state index is 5.02. The van der Waals surface area contributed by atoms with E-state index >= 15 is 0 Å². The number of nitrogens with one attached hydrogen (secondary N) is 2. The van der Waals surface area contributed by atoms with Crippen molar-refractivity contribution in [2.24, 2.45) is 0 Å². The van der Waals surface area contributed by atoms with Gasteiger partial charge in [-0.05, 0) is 20.8 Å². The molecule has 7 heteroatoms. The van der Waals surface area contributed by atoms with Gasteiger partial charge in [-0.15, -0.1) is 0 Å². The lowest BCUT2D eigenvalue weighted by Gasteiger charge is -2.10. The third-order valence-electron chi connectivity index (χ3n) is 2.40. The molecule has 0 amide bonds. The average molecular weight is 248 g/mol. The molecule has 7 nitrogen and oxygen atoms in total. The molecule has 18 heavy (non-hydrogen) atoms. The third-order valence-corrected chi connectivity index (χ3v) is 2.40. The summed E-state index contributed by atoms with van der Waals surface area (Å²) in [6.07, 6.45) is 1.52. The van der Waals surface area contributed by atoms with Crippen molar-refractivity contribution < 1.29 is 4.52 Å². The van der Waals surface area contributed by atoms with Crippen molar-refractivity contribution in [3.63, 3.8) is 0 Å². The van der Waals surface area contributed by atoms with Gasteiger partial charge in [-0.3, -0.25) is 0 Å². The molecule has 0 fully saturated rings. The molecule has 0 atom stereocenters. The highest BCUT2D eigenvalue weighted by Crippen LogP contribution is 2.18. The second-order valence-corrected chi connectivity index (χ2v) is 3.82. The second kappa shape index (κ2) is 5.44. The van der Waals surface area contributed by atoms with Gasteiger partial charge in [-0.1, -0.05) is 5.16 Å². The topological polar surface area (TPSA) is 88.8 Å². The number of aromatic nitrogens is 4. The summed E-state index contributed by atoms with van der Waals surface area (Å²) < 4.78 is 5.02. The van der Waals surface area contributed by atoms with Gasteiger partial charge in [-0.25, -0.2) is 9.97 Å². The molecule has 2 aromatic rings. The number of hydrogen-bond acceptors (Lipinski definition) is 7. The number of rotatable bonds is 5. The minimum Gasteiger partial charge on any atom is -0.370 e. The predicted octanol–water partition coefficient (Wildman–Crippen LogP) is 1.52. The van der Waals surface area contributed by atoms with Gasteiger partial charge in [0.2, 0.25) is 5.89 Å². The van der Waals surface area contributed by atoms with Crippen molar-refractivity contribution in [2.45, 2.75) is 27.3 Å². The van der Waals surface area contributed by atoms with Crippen LogP contribution in [0.15, 0.2) is 10.9 Å². The summed E-state index contributed by atoms with van der Waals surface area (Å²) in [5.41, 5.74) is 0.968. The molecule has 2 rings (SSSR count). The summed E-state index contributed by atoms with van der Waals surface area (Å²) >= 11 is 0. The SMILES string of the molecule is CCNc1ncnc(NCc2nc(C)no2)c1C. The molecule has 2 heterocycles. The lowest BCUT2D eigenvalue weighted by molar-refractivity contribution is 0.379. The van der Waals surface area contributed by atoms with E-state index in [2.05, 4.69) is 30.7 Å². The highest BCUT2D eigenvalue weighted by molar-refractivity contribution is 5.56. The molecule has 0 radical (unpaired) electrons. The Morgan fingerprint density at radius 1 is 1.17 bits per heavy atom. The first kappa shape index (κ1) is 12.3. The zero-order valence-corrected chi connectivity index (χ0v) is 10.7. The van der Waals surface area contributed by atoms with Crippen LogP contribution in [0.3, 0.4) is 0 Å². The van der Waals surface area contributed by atoms with E-state index in [9.17, 15) is 0 Å². The quantitative estimate of drug-likeness (QED) is 0.829. The highest BCUT2D eigenvalue weighted by Gasteiger charge is 2.08. The summed E-state index contributed by atoms with van der Waals surface area (Å²) in [6.45, 7) is 7.03. The van der Waals surface area contributed by atoms with E-state index in [0.29, 0.717) is 18.3 Å². The number of hydrogen-bond donors (Lipinski definition) is 2. The molecule has 0 aromatic carbocycles. The fraction of sp³-hybridized carbons (Fsp3) is 0.455. The van der Waals surface area contributed by atoms with E-state index in [0.717, 1.165) is 23.7 Å². The van der Waals surface area contributed by atoms with Gasteiger partial charge in [0.05, 0.1) is 6.54 Å². The average Bonchev–Trinajstić information content (AvgIpc) is 2.77. The van der Waals surface area contributed by atoms with Crippen LogP contribution < -0.4 is 10.6 Å². The van der Waals surface area contributed by atoms with Crippen LogP contribution in [0.2, 0.25) is 0 Å². The molecule has 0 aliphatic heterocycles. The largest absolute Gasteiger partial charge is 0.370 e. The van der Waals surface area contributed by atoms with Gasteiger partial charge in [0, 0.05) is 12.1 Å². The van der Waals surface area contributed by atoms with Crippen LogP contribution in [0, 0.1) is 13.8 Å². The third kappa shape index (κ3) is 2.73. The van der Waals surface area contributed by atoms with Crippen molar-refractivity contribution in [2.75, 3.05) is 17.2 Å². The highest BCUT2D eigenvalue weighted by atomic mass is 16.5. The first-order chi connectivity index (χ1) is 8.70. The monoisotopic (exact) mass is 248 g/mol. The van der Waals surface area contributed by atoms with Gasteiger partial charge in [0.15, 0.2) is 5.82 Å². The molecule has 2 aromatic heterocycles. The summed E-state index contributed by atoms with van der Waals surface area (Å²) in [4.78, 5) is 12.5. The standard InChI is InChI=1S/C11H16N6O/c1-4-12-10-7(2)11(15-6-14-10)13-5-9-16-8(3)17-18-9/h6H,4-5H2,1-3H3,(H2,12,13,14,15). The number of anilines is 2. The van der Waals surface area contributed by atoms with Gasteiger partial charge < -0.3 is 15.2 Å². The molecule has 0 aliphatic rings. The molecule has 0 bridgehead atoms. The van der Waals surface area contributed by atoms with Crippen molar-refractivity contribution in [3.8, 4) is 0 Å². The zero-order valence-electron chi connectivity index (χ0n) is 10.7. The minimum absolute atomic E-state index is 0.449. The Kier molecular flexibility index (Phi) is 3.71. The normalized spacial score (nSPS) is 10.4. The smallest absolute Gasteiger partial charge is 0.245 e. The van der Waals surface area contributed by atoms with Crippen LogP contribution in [0.1, 0.15) is 24.2 Å². The van der Waals surface area contributed by atoms with Crippen molar-refractivity contribution >= 4 is 11.6 Å². The Balaban J connectivity index is 2.07.